The number of nitrogens with zero attached hydrogens (tertiary/aromatic N) is 1. The maximum absolute atomic E-state index is 5.77. The van der Waals surface area contributed by atoms with E-state index >= 15 is 0 Å². The zero-order valence-electron chi connectivity index (χ0n) is 12.9. The Labute approximate surface area is 119 Å². The van der Waals surface area contributed by atoms with E-state index in [1.165, 1.54) is 44.9 Å². The van der Waals surface area contributed by atoms with Crippen molar-refractivity contribution in [2.45, 2.75) is 64.0 Å². The predicted molar refractivity (Wildman–Crippen MR) is 80.5 cm³/mol. The van der Waals surface area contributed by atoms with Crippen molar-refractivity contribution in [3.63, 3.8) is 0 Å². The third kappa shape index (κ3) is 5.41. The summed E-state index contributed by atoms with van der Waals surface area (Å²) < 4.78 is 5.77. The van der Waals surface area contributed by atoms with Crippen molar-refractivity contribution in [1.82, 2.24) is 10.2 Å². The van der Waals surface area contributed by atoms with Crippen LogP contribution in [0.5, 0.6) is 0 Å². The molecule has 0 aliphatic heterocycles. The molecule has 2 atom stereocenters. The fourth-order valence-corrected chi connectivity index (χ4v) is 3.12. The van der Waals surface area contributed by atoms with Crippen LogP contribution in [-0.2, 0) is 4.74 Å². The molecule has 0 spiro atoms. The Morgan fingerprint density at radius 3 is 2.68 bits per heavy atom. The van der Waals surface area contributed by atoms with Crippen LogP contribution in [0.15, 0.2) is 0 Å². The van der Waals surface area contributed by atoms with Gasteiger partial charge in [-0.05, 0) is 51.6 Å². The maximum Gasteiger partial charge on any atom is 0.0593 e. The topological polar surface area (TPSA) is 24.5 Å². The summed E-state index contributed by atoms with van der Waals surface area (Å²) in [6, 6.07) is 1.41. The van der Waals surface area contributed by atoms with E-state index in [2.05, 4.69) is 24.2 Å². The Morgan fingerprint density at radius 1 is 1.16 bits per heavy atom. The molecule has 0 aromatic rings. The van der Waals surface area contributed by atoms with Crippen molar-refractivity contribution in [3.8, 4) is 0 Å². The SMILES string of the molecule is CCCNC1CCCCC1N(C)CCOCC1CC1. The number of ether oxygens (including phenoxy) is 1. The fourth-order valence-electron chi connectivity index (χ4n) is 3.12. The lowest BCUT2D eigenvalue weighted by Gasteiger charge is -2.38. The highest BCUT2D eigenvalue weighted by Gasteiger charge is 2.27. The molecule has 2 unspecified atom stereocenters. The highest BCUT2D eigenvalue weighted by Crippen LogP contribution is 2.28. The molecule has 0 amide bonds. The van der Waals surface area contributed by atoms with Crippen molar-refractivity contribution >= 4 is 0 Å². The number of nitrogens with one attached hydrogen (secondary N) is 1. The third-order valence-corrected chi connectivity index (χ3v) is 4.59. The van der Waals surface area contributed by atoms with Crippen LogP contribution < -0.4 is 5.32 Å². The lowest BCUT2D eigenvalue weighted by molar-refractivity contribution is 0.0742. The predicted octanol–water partition coefficient (Wildman–Crippen LogP) is 2.66. The molecule has 1 N–H and O–H groups in total. The summed E-state index contributed by atoms with van der Waals surface area (Å²) in [7, 11) is 2.27. The smallest absolute Gasteiger partial charge is 0.0593 e. The van der Waals surface area contributed by atoms with Gasteiger partial charge in [0.15, 0.2) is 0 Å². The summed E-state index contributed by atoms with van der Waals surface area (Å²) in [5.74, 6) is 0.888. The van der Waals surface area contributed by atoms with Gasteiger partial charge in [-0.25, -0.2) is 0 Å². The monoisotopic (exact) mass is 268 g/mol. The quantitative estimate of drug-likeness (QED) is 0.651. The largest absolute Gasteiger partial charge is 0.380 e. The molecule has 2 rings (SSSR count). The summed E-state index contributed by atoms with van der Waals surface area (Å²) in [5.41, 5.74) is 0. The van der Waals surface area contributed by atoms with Gasteiger partial charge in [0.1, 0.15) is 0 Å². The van der Waals surface area contributed by atoms with Gasteiger partial charge in [0.2, 0.25) is 0 Å². The molecule has 2 aliphatic rings. The fraction of sp³-hybridized carbons (Fsp3) is 1.00. The average Bonchev–Trinajstić information content (AvgIpc) is 3.25. The molecule has 0 saturated heterocycles. The van der Waals surface area contributed by atoms with E-state index in [1.54, 1.807) is 0 Å². The maximum atomic E-state index is 5.77. The van der Waals surface area contributed by atoms with Crippen molar-refractivity contribution in [3.05, 3.63) is 0 Å². The molecule has 2 saturated carbocycles. The molecule has 0 aromatic heterocycles. The zero-order valence-corrected chi connectivity index (χ0v) is 12.9. The molecule has 0 heterocycles. The van der Waals surface area contributed by atoms with Gasteiger partial charge in [-0.15, -0.1) is 0 Å². The van der Waals surface area contributed by atoms with Crippen LogP contribution in [-0.4, -0.2) is 50.3 Å². The highest BCUT2D eigenvalue weighted by atomic mass is 16.5. The number of likely N-dealkylation sites (N-methyl/N-ethyl adjacent to an activating group) is 1. The summed E-state index contributed by atoms with van der Waals surface area (Å²) in [6.45, 7) is 6.40. The van der Waals surface area contributed by atoms with Crippen LogP contribution in [0.3, 0.4) is 0 Å². The summed E-state index contributed by atoms with van der Waals surface area (Å²) in [5, 5.41) is 3.74. The molecule has 3 heteroatoms. The first-order chi connectivity index (χ1) is 9.31. The average molecular weight is 268 g/mol. The molecule has 2 aliphatic carbocycles. The second-order valence-corrected chi connectivity index (χ2v) is 6.41. The highest BCUT2D eigenvalue weighted by molar-refractivity contribution is 4.87. The molecule has 0 radical (unpaired) electrons. The van der Waals surface area contributed by atoms with Gasteiger partial charge in [-0.2, -0.15) is 0 Å². The molecule has 0 aromatic carbocycles. The van der Waals surface area contributed by atoms with Gasteiger partial charge >= 0.3 is 0 Å². The minimum atomic E-state index is 0.696. The first-order valence-corrected chi connectivity index (χ1v) is 8.32. The molecular weight excluding hydrogens is 236 g/mol. The number of rotatable bonds is 9. The van der Waals surface area contributed by atoms with Gasteiger partial charge in [0, 0.05) is 25.2 Å². The lowest BCUT2D eigenvalue weighted by Crippen LogP contribution is -2.51. The van der Waals surface area contributed by atoms with E-state index in [0.717, 1.165) is 32.2 Å². The second kappa shape index (κ2) is 8.23. The summed E-state index contributed by atoms with van der Waals surface area (Å²) >= 11 is 0. The zero-order chi connectivity index (χ0) is 13.5. The van der Waals surface area contributed by atoms with E-state index < -0.39 is 0 Å². The summed E-state index contributed by atoms with van der Waals surface area (Å²) in [6.07, 6.45) is 9.49. The van der Waals surface area contributed by atoms with E-state index in [1.807, 2.05) is 0 Å². The Balaban J connectivity index is 1.65. The second-order valence-electron chi connectivity index (χ2n) is 6.41. The Bertz CT molecular complexity index is 243. The molecule has 3 nitrogen and oxygen atoms in total. The van der Waals surface area contributed by atoms with Crippen molar-refractivity contribution in [2.24, 2.45) is 5.92 Å². The Morgan fingerprint density at radius 2 is 1.95 bits per heavy atom. The van der Waals surface area contributed by atoms with Crippen molar-refractivity contribution in [1.29, 1.82) is 0 Å². The minimum absolute atomic E-state index is 0.696. The lowest BCUT2D eigenvalue weighted by atomic mass is 9.89. The van der Waals surface area contributed by atoms with Gasteiger partial charge < -0.3 is 10.1 Å². The van der Waals surface area contributed by atoms with Gasteiger partial charge in [0.05, 0.1) is 6.61 Å². The van der Waals surface area contributed by atoms with Crippen molar-refractivity contribution in [2.75, 3.05) is 33.4 Å². The Kier molecular flexibility index (Phi) is 6.62. The van der Waals surface area contributed by atoms with Crippen LogP contribution in [0.4, 0.5) is 0 Å². The minimum Gasteiger partial charge on any atom is -0.380 e. The van der Waals surface area contributed by atoms with Crippen LogP contribution in [0.2, 0.25) is 0 Å². The van der Waals surface area contributed by atoms with Crippen LogP contribution in [0.1, 0.15) is 51.9 Å². The van der Waals surface area contributed by atoms with Crippen LogP contribution >= 0.6 is 0 Å². The molecule has 112 valence electrons. The Hall–Kier alpha value is -0.120. The van der Waals surface area contributed by atoms with E-state index in [4.69, 9.17) is 4.74 Å². The third-order valence-electron chi connectivity index (χ3n) is 4.59. The van der Waals surface area contributed by atoms with E-state index in [-0.39, 0.29) is 0 Å². The molecular formula is C16H32N2O. The standard InChI is InChI=1S/C16H32N2O/c1-3-10-17-15-6-4-5-7-16(15)18(2)11-12-19-13-14-8-9-14/h14-17H,3-13H2,1-2H3. The number of hydrogen-bond acceptors (Lipinski definition) is 3. The first kappa shape index (κ1) is 15.3. The summed E-state index contributed by atoms with van der Waals surface area (Å²) in [4.78, 5) is 2.53. The normalized spacial score (nSPS) is 27.9. The molecule has 0 bridgehead atoms. The van der Waals surface area contributed by atoms with E-state index in [0.29, 0.717) is 12.1 Å². The first-order valence-electron chi connectivity index (χ1n) is 8.32. The number of hydrogen-bond donors (Lipinski definition) is 1. The molecule has 19 heavy (non-hydrogen) atoms. The van der Waals surface area contributed by atoms with Gasteiger partial charge in [-0.3, -0.25) is 4.90 Å². The van der Waals surface area contributed by atoms with Crippen molar-refractivity contribution < 1.29 is 4.74 Å². The molecule has 2 fully saturated rings. The van der Waals surface area contributed by atoms with E-state index in [9.17, 15) is 0 Å². The van der Waals surface area contributed by atoms with Crippen LogP contribution in [0, 0.1) is 5.92 Å². The van der Waals surface area contributed by atoms with Gasteiger partial charge in [-0.1, -0.05) is 19.8 Å². The van der Waals surface area contributed by atoms with Gasteiger partial charge in [0.25, 0.3) is 0 Å². The van der Waals surface area contributed by atoms with Crippen LogP contribution in [0.25, 0.3) is 0 Å².